The predicted octanol–water partition coefficient (Wildman–Crippen LogP) is 4.42. The van der Waals surface area contributed by atoms with Crippen LogP contribution in [0.4, 0.5) is 11.4 Å². The van der Waals surface area contributed by atoms with Crippen LogP contribution in [0.3, 0.4) is 0 Å². The van der Waals surface area contributed by atoms with Crippen LogP contribution in [0.25, 0.3) is 0 Å². The summed E-state index contributed by atoms with van der Waals surface area (Å²) in [6, 6.07) is 19.5. The lowest BCUT2D eigenvalue weighted by molar-refractivity contribution is 0.0923. The monoisotopic (exact) mass is 469 g/mol. The van der Waals surface area contributed by atoms with Gasteiger partial charge in [-0.05, 0) is 73.9 Å². The van der Waals surface area contributed by atoms with Gasteiger partial charge < -0.3 is 15.0 Å². The Kier molecular flexibility index (Phi) is 6.23. The van der Waals surface area contributed by atoms with Crippen LogP contribution in [0.1, 0.15) is 56.4 Å². The zero-order chi connectivity index (χ0) is 24.4. The molecule has 7 nitrogen and oxygen atoms in total. The highest BCUT2D eigenvalue weighted by atomic mass is 16.5. The van der Waals surface area contributed by atoms with Crippen molar-refractivity contribution in [3.8, 4) is 5.75 Å². The second-order valence-electron chi connectivity index (χ2n) is 8.64. The van der Waals surface area contributed by atoms with Gasteiger partial charge in [0, 0.05) is 30.9 Å². The summed E-state index contributed by atoms with van der Waals surface area (Å²) in [6.07, 6.45) is 2.35. The molecule has 35 heavy (non-hydrogen) atoms. The lowest BCUT2D eigenvalue weighted by Crippen LogP contribution is -2.29. The molecule has 0 aromatic heterocycles. The van der Waals surface area contributed by atoms with Gasteiger partial charge in [-0.3, -0.25) is 14.4 Å². The van der Waals surface area contributed by atoms with Gasteiger partial charge in [-0.1, -0.05) is 18.2 Å². The smallest absolute Gasteiger partial charge is 0.266 e. The summed E-state index contributed by atoms with van der Waals surface area (Å²) in [5.74, 6) is -0.467. The number of nitrogens with zero attached hydrogens (tertiary/aromatic N) is 2. The molecule has 0 atom stereocenters. The van der Waals surface area contributed by atoms with Gasteiger partial charge in [-0.2, -0.15) is 0 Å². The number of carbonyl (C=O) groups excluding carboxylic acids is 3. The number of amides is 3. The number of hydrogen-bond donors (Lipinski definition) is 1. The molecule has 0 aliphatic carbocycles. The van der Waals surface area contributed by atoms with Crippen LogP contribution in [-0.2, 0) is 6.54 Å². The molecule has 2 aliphatic rings. The Morgan fingerprint density at radius 1 is 0.914 bits per heavy atom. The Hall–Kier alpha value is -4.13. The standard InChI is InChI=1S/C28H27N3O4/c1-2-35-22-12-10-21(11-13-22)31-27(33)23-14-9-19(17-24(23)28(31)34)26(32)29-18-20-7-3-4-8-25(20)30-15-5-6-16-30/h3-4,7-14,17H,2,5-6,15-16,18H2,1H3,(H,29,32). The molecule has 3 aromatic carbocycles. The van der Waals surface area contributed by atoms with Gasteiger partial charge in [0.15, 0.2) is 0 Å². The first kappa shape index (κ1) is 22.7. The van der Waals surface area contributed by atoms with Crippen molar-refractivity contribution in [3.63, 3.8) is 0 Å². The third-order valence-electron chi connectivity index (χ3n) is 6.43. The molecule has 3 amide bonds. The van der Waals surface area contributed by atoms with Crippen molar-refractivity contribution in [1.82, 2.24) is 5.32 Å². The van der Waals surface area contributed by atoms with Crippen LogP contribution in [0, 0.1) is 0 Å². The predicted molar refractivity (Wildman–Crippen MR) is 134 cm³/mol. The van der Waals surface area contributed by atoms with Crippen LogP contribution < -0.4 is 19.9 Å². The fraction of sp³-hybridized carbons (Fsp3) is 0.250. The third kappa shape index (κ3) is 4.37. The first-order chi connectivity index (χ1) is 17.1. The molecule has 2 heterocycles. The first-order valence-corrected chi connectivity index (χ1v) is 11.9. The quantitative estimate of drug-likeness (QED) is 0.519. The number of para-hydroxylation sites is 1. The first-order valence-electron chi connectivity index (χ1n) is 11.9. The Bertz CT molecular complexity index is 1280. The average Bonchev–Trinajstić information content (AvgIpc) is 3.50. The number of carbonyl (C=O) groups is 3. The van der Waals surface area contributed by atoms with Crippen LogP contribution >= 0.6 is 0 Å². The van der Waals surface area contributed by atoms with E-state index in [9.17, 15) is 14.4 Å². The number of anilines is 2. The lowest BCUT2D eigenvalue weighted by Gasteiger charge is -2.21. The Morgan fingerprint density at radius 3 is 2.37 bits per heavy atom. The second kappa shape index (κ2) is 9.62. The summed E-state index contributed by atoms with van der Waals surface area (Å²) in [6.45, 7) is 4.85. The van der Waals surface area contributed by atoms with E-state index in [4.69, 9.17) is 4.74 Å². The molecule has 7 heteroatoms. The molecule has 0 unspecified atom stereocenters. The third-order valence-corrected chi connectivity index (χ3v) is 6.43. The number of fused-ring (bicyclic) bond motifs is 1. The minimum atomic E-state index is -0.441. The maximum absolute atomic E-state index is 13.1. The molecular formula is C28H27N3O4. The van der Waals surface area contributed by atoms with Crippen molar-refractivity contribution in [2.45, 2.75) is 26.3 Å². The maximum atomic E-state index is 13.1. The molecule has 0 saturated carbocycles. The summed E-state index contributed by atoms with van der Waals surface area (Å²) in [5, 5.41) is 2.97. The number of nitrogens with one attached hydrogen (secondary N) is 1. The van der Waals surface area contributed by atoms with Gasteiger partial charge in [-0.15, -0.1) is 0 Å². The second-order valence-corrected chi connectivity index (χ2v) is 8.64. The van der Waals surface area contributed by atoms with E-state index in [0.717, 1.165) is 29.2 Å². The minimum Gasteiger partial charge on any atom is -0.494 e. The Morgan fingerprint density at radius 2 is 1.63 bits per heavy atom. The summed E-state index contributed by atoms with van der Waals surface area (Å²) in [7, 11) is 0. The number of rotatable bonds is 7. The van der Waals surface area contributed by atoms with E-state index >= 15 is 0 Å². The van der Waals surface area contributed by atoms with Crippen molar-refractivity contribution in [2.75, 3.05) is 29.5 Å². The van der Waals surface area contributed by atoms with E-state index in [1.54, 1.807) is 36.4 Å². The van der Waals surface area contributed by atoms with E-state index in [2.05, 4.69) is 16.3 Å². The number of benzene rings is 3. The van der Waals surface area contributed by atoms with E-state index in [0.29, 0.717) is 35.7 Å². The van der Waals surface area contributed by atoms with E-state index in [1.807, 2.05) is 25.1 Å². The molecule has 178 valence electrons. The molecule has 0 radical (unpaired) electrons. The largest absolute Gasteiger partial charge is 0.494 e. The van der Waals surface area contributed by atoms with Crippen molar-refractivity contribution in [1.29, 1.82) is 0 Å². The van der Waals surface area contributed by atoms with E-state index in [1.165, 1.54) is 18.9 Å². The van der Waals surface area contributed by atoms with Gasteiger partial charge in [0.2, 0.25) is 0 Å². The molecular weight excluding hydrogens is 442 g/mol. The molecule has 2 aliphatic heterocycles. The summed E-state index contributed by atoms with van der Waals surface area (Å²) in [5.41, 5.74) is 3.53. The lowest BCUT2D eigenvalue weighted by atomic mass is 10.1. The topological polar surface area (TPSA) is 79.0 Å². The Labute approximate surface area is 204 Å². The zero-order valence-electron chi connectivity index (χ0n) is 19.6. The highest BCUT2D eigenvalue weighted by Crippen LogP contribution is 2.30. The normalized spacial score (nSPS) is 14.9. The van der Waals surface area contributed by atoms with Crippen molar-refractivity contribution >= 4 is 29.1 Å². The van der Waals surface area contributed by atoms with Crippen molar-refractivity contribution < 1.29 is 19.1 Å². The van der Waals surface area contributed by atoms with Crippen molar-refractivity contribution in [2.24, 2.45) is 0 Å². The van der Waals surface area contributed by atoms with E-state index < -0.39 is 11.8 Å². The molecule has 3 aromatic rings. The van der Waals surface area contributed by atoms with Crippen LogP contribution in [-0.4, -0.2) is 37.4 Å². The highest BCUT2D eigenvalue weighted by molar-refractivity contribution is 6.34. The van der Waals surface area contributed by atoms with Crippen LogP contribution in [0.15, 0.2) is 66.7 Å². The molecule has 0 bridgehead atoms. The number of ether oxygens (including phenoxy) is 1. The fourth-order valence-corrected chi connectivity index (χ4v) is 4.68. The molecule has 1 fully saturated rings. The maximum Gasteiger partial charge on any atom is 0.266 e. The van der Waals surface area contributed by atoms with Gasteiger partial charge in [0.05, 0.1) is 23.4 Å². The van der Waals surface area contributed by atoms with Crippen molar-refractivity contribution in [3.05, 3.63) is 89.0 Å². The SMILES string of the molecule is CCOc1ccc(N2C(=O)c3ccc(C(=O)NCc4ccccc4N4CCCC4)cc3C2=O)cc1. The minimum absolute atomic E-state index is 0.231. The van der Waals surface area contributed by atoms with Gasteiger partial charge in [-0.25, -0.2) is 4.90 Å². The number of hydrogen-bond acceptors (Lipinski definition) is 5. The van der Waals surface area contributed by atoms with Gasteiger partial charge in [0.1, 0.15) is 5.75 Å². The molecule has 1 saturated heterocycles. The van der Waals surface area contributed by atoms with Gasteiger partial charge in [0.25, 0.3) is 17.7 Å². The fourth-order valence-electron chi connectivity index (χ4n) is 4.68. The summed E-state index contributed by atoms with van der Waals surface area (Å²) < 4.78 is 5.44. The average molecular weight is 470 g/mol. The summed E-state index contributed by atoms with van der Waals surface area (Å²) >= 11 is 0. The molecule has 1 N–H and O–H groups in total. The summed E-state index contributed by atoms with van der Waals surface area (Å²) in [4.78, 5) is 42.5. The van der Waals surface area contributed by atoms with Gasteiger partial charge >= 0.3 is 0 Å². The van der Waals surface area contributed by atoms with Crippen LogP contribution in [0.5, 0.6) is 5.75 Å². The van der Waals surface area contributed by atoms with Crippen LogP contribution in [0.2, 0.25) is 0 Å². The van der Waals surface area contributed by atoms with E-state index in [-0.39, 0.29) is 11.5 Å². The Balaban J connectivity index is 1.32. The molecule has 5 rings (SSSR count). The zero-order valence-corrected chi connectivity index (χ0v) is 19.6. The highest BCUT2D eigenvalue weighted by Gasteiger charge is 2.37. The molecule has 0 spiro atoms. The number of imide groups is 1.